The molecule has 2 N–H and O–H groups in total. The summed E-state index contributed by atoms with van der Waals surface area (Å²) in [6, 6.07) is 0. The lowest BCUT2D eigenvalue weighted by Crippen LogP contribution is -2.31. The van der Waals surface area contributed by atoms with E-state index < -0.39 is 9.84 Å². The fourth-order valence-electron chi connectivity index (χ4n) is 2.33. The molecule has 4 heteroatoms. The van der Waals surface area contributed by atoms with Gasteiger partial charge in [-0.2, -0.15) is 0 Å². The maximum Gasteiger partial charge on any atom is 0.150 e. The van der Waals surface area contributed by atoms with Gasteiger partial charge in [-0.15, -0.1) is 0 Å². The SMILES string of the molecule is CC(C)CCCC1(CN)CCS(=O)(=O)C1. The Morgan fingerprint density at radius 2 is 2.07 bits per heavy atom. The second kappa shape index (κ2) is 4.83. The highest BCUT2D eigenvalue weighted by Gasteiger charge is 2.40. The first-order valence-electron chi connectivity index (χ1n) is 5.80. The second-order valence-corrected chi connectivity index (χ2v) is 7.52. The summed E-state index contributed by atoms with van der Waals surface area (Å²) in [6.07, 6.45) is 4.01. The molecule has 1 rings (SSSR count). The zero-order chi connectivity index (χ0) is 11.5. The van der Waals surface area contributed by atoms with Crippen molar-refractivity contribution in [2.45, 2.75) is 39.5 Å². The minimum absolute atomic E-state index is 0.103. The Morgan fingerprint density at radius 1 is 1.40 bits per heavy atom. The topological polar surface area (TPSA) is 60.2 Å². The van der Waals surface area contributed by atoms with E-state index in [1.807, 2.05) is 0 Å². The minimum atomic E-state index is -2.80. The third-order valence-corrected chi connectivity index (χ3v) is 5.27. The van der Waals surface area contributed by atoms with Gasteiger partial charge in [-0.3, -0.25) is 0 Å². The van der Waals surface area contributed by atoms with Crippen LogP contribution in [0.15, 0.2) is 0 Å². The van der Waals surface area contributed by atoms with Gasteiger partial charge in [0.15, 0.2) is 9.84 Å². The summed E-state index contributed by atoms with van der Waals surface area (Å²) in [7, 11) is -2.80. The van der Waals surface area contributed by atoms with Crippen molar-refractivity contribution in [1.82, 2.24) is 0 Å². The van der Waals surface area contributed by atoms with Gasteiger partial charge in [0.25, 0.3) is 0 Å². The summed E-state index contributed by atoms with van der Waals surface area (Å²) in [5, 5.41) is 0. The Bertz CT molecular complexity index is 298. The van der Waals surface area contributed by atoms with E-state index in [9.17, 15) is 8.42 Å². The van der Waals surface area contributed by atoms with Crippen molar-refractivity contribution in [3.8, 4) is 0 Å². The number of hydrogen-bond donors (Lipinski definition) is 1. The minimum Gasteiger partial charge on any atom is -0.330 e. The molecule has 1 heterocycles. The highest BCUT2D eigenvalue weighted by molar-refractivity contribution is 7.91. The van der Waals surface area contributed by atoms with Crippen LogP contribution in [0.4, 0.5) is 0 Å². The number of hydrogen-bond acceptors (Lipinski definition) is 3. The van der Waals surface area contributed by atoms with Crippen LogP contribution >= 0.6 is 0 Å². The molecule has 0 radical (unpaired) electrons. The Balaban J connectivity index is 2.49. The molecular weight excluding hydrogens is 210 g/mol. The Morgan fingerprint density at radius 3 is 2.47 bits per heavy atom. The van der Waals surface area contributed by atoms with Gasteiger partial charge >= 0.3 is 0 Å². The third kappa shape index (κ3) is 3.76. The molecule has 15 heavy (non-hydrogen) atoms. The fraction of sp³-hybridized carbons (Fsp3) is 1.00. The van der Waals surface area contributed by atoms with Crippen molar-refractivity contribution in [3.63, 3.8) is 0 Å². The molecule has 3 nitrogen and oxygen atoms in total. The normalized spacial score (nSPS) is 29.9. The van der Waals surface area contributed by atoms with Crippen molar-refractivity contribution < 1.29 is 8.42 Å². The molecule has 1 aliphatic heterocycles. The van der Waals surface area contributed by atoms with E-state index in [4.69, 9.17) is 5.73 Å². The van der Waals surface area contributed by atoms with Crippen molar-refractivity contribution in [3.05, 3.63) is 0 Å². The zero-order valence-electron chi connectivity index (χ0n) is 9.83. The van der Waals surface area contributed by atoms with Gasteiger partial charge in [0.1, 0.15) is 0 Å². The van der Waals surface area contributed by atoms with Gasteiger partial charge < -0.3 is 5.73 Å². The lowest BCUT2D eigenvalue weighted by atomic mass is 9.82. The molecule has 1 unspecified atom stereocenters. The van der Waals surface area contributed by atoms with E-state index >= 15 is 0 Å². The molecular formula is C11H23NO2S. The smallest absolute Gasteiger partial charge is 0.150 e. The van der Waals surface area contributed by atoms with Crippen molar-refractivity contribution in [2.75, 3.05) is 18.1 Å². The quantitative estimate of drug-likeness (QED) is 0.784. The first-order chi connectivity index (χ1) is 6.89. The Kier molecular flexibility index (Phi) is 4.18. The summed E-state index contributed by atoms with van der Waals surface area (Å²) < 4.78 is 22.9. The molecule has 1 aliphatic rings. The van der Waals surface area contributed by atoms with Crippen molar-refractivity contribution in [1.29, 1.82) is 0 Å². The van der Waals surface area contributed by atoms with Gasteiger partial charge in [0.2, 0.25) is 0 Å². The van der Waals surface area contributed by atoms with Crippen LogP contribution in [0.1, 0.15) is 39.5 Å². The summed E-state index contributed by atoms with van der Waals surface area (Å²) in [5.41, 5.74) is 5.64. The molecule has 1 atom stereocenters. The van der Waals surface area contributed by atoms with Crippen LogP contribution in [0.2, 0.25) is 0 Å². The first kappa shape index (κ1) is 13.0. The van der Waals surface area contributed by atoms with E-state index in [1.54, 1.807) is 0 Å². The summed E-state index contributed by atoms with van der Waals surface area (Å²) in [4.78, 5) is 0. The van der Waals surface area contributed by atoms with E-state index in [2.05, 4.69) is 13.8 Å². The van der Waals surface area contributed by atoms with Gasteiger partial charge in [-0.05, 0) is 30.7 Å². The molecule has 0 spiro atoms. The van der Waals surface area contributed by atoms with Crippen molar-refractivity contribution in [2.24, 2.45) is 17.1 Å². The van der Waals surface area contributed by atoms with Crippen LogP contribution in [0.5, 0.6) is 0 Å². The van der Waals surface area contributed by atoms with Crippen LogP contribution in [0, 0.1) is 11.3 Å². The molecule has 0 aliphatic carbocycles. The van der Waals surface area contributed by atoms with E-state index in [1.165, 1.54) is 6.42 Å². The van der Waals surface area contributed by atoms with Crippen LogP contribution in [-0.2, 0) is 9.84 Å². The largest absolute Gasteiger partial charge is 0.330 e. The highest BCUT2D eigenvalue weighted by atomic mass is 32.2. The Labute approximate surface area is 93.3 Å². The fourth-order valence-corrected chi connectivity index (χ4v) is 4.56. The van der Waals surface area contributed by atoms with E-state index in [-0.39, 0.29) is 5.41 Å². The molecule has 0 saturated carbocycles. The maximum absolute atomic E-state index is 11.4. The maximum atomic E-state index is 11.4. The lowest BCUT2D eigenvalue weighted by molar-refractivity contribution is 0.298. The average molecular weight is 233 g/mol. The molecule has 0 amide bonds. The zero-order valence-corrected chi connectivity index (χ0v) is 10.6. The van der Waals surface area contributed by atoms with Gasteiger partial charge in [-0.25, -0.2) is 8.42 Å². The molecule has 1 saturated heterocycles. The van der Waals surface area contributed by atoms with E-state index in [0.717, 1.165) is 19.3 Å². The van der Waals surface area contributed by atoms with Crippen LogP contribution in [0.3, 0.4) is 0 Å². The highest BCUT2D eigenvalue weighted by Crippen LogP contribution is 2.36. The van der Waals surface area contributed by atoms with Gasteiger partial charge in [0.05, 0.1) is 11.5 Å². The first-order valence-corrected chi connectivity index (χ1v) is 7.62. The Hall–Kier alpha value is -0.0900. The summed E-state index contributed by atoms with van der Waals surface area (Å²) in [5.74, 6) is 1.35. The summed E-state index contributed by atoms with van der Waals surface area (Å²) in [6.45, 7) is 4.91. The number of nitrogens with two attached hydrogens (primary N) is 1. The molecule has 0 aromatic heterocycles. The molecule has 0 aromatic carbocycles. The van der Waals surface area contributed by atoms with Crippen LogP contribution < -0.4 is 5.73 Å². The molecule has 1 fully saturated rings. The standard InChI is InChI=1S/C11H23NO2S/c1-10(2)4-3-5-11(8-12)6-7-15(13,14)9-11/h10H,3-9,12H2,1-2H3. The lowest BCUT2D eigenvalue weighted by Gasteiger charge is -2.25. The van der Waals surface area contributed by atoms with Gasteiger partial charge in [0, 0.05) is 0 Å². The predicted octanol–water partition coefficient (Wildman–Crippen LogP) is 1.58. The van der Waals surface area contributed by atoms with Crippen LogP contribution in [0.25, 0.3) is 0 Å². The third-order valence-electron chi connectivity index (χ3n) is 3.39. The second-order valence-electron chi connectivity index (χ2n) is 5.33. The molecule has 90 valence electrons. The van der Waals surface area contributed by atoms with Crippen LogP contribution in [-0.4, -0.2) is 26.5 Å². The molecule has 0 bridgehead atoms. The number of sulfone groups is 1. The van der Waals surface area contributed by atoms with Gasteiger partial charge in [-0.1, -0.05) is 26.7 Å². The number of rotatable bonds is 5. The van der Waals surface area contributed by atoms with E-state index in [0.29, 0.717) is 24.0 Å². The average Bonchev–Trinajstić information content (AvgIpc) is 2.42. The summed E-state index contributed by atoms with van der Waals surface area (Å²) >= 11 is 0. The molecule has 0 aromatic rings. The van der Waals surface area contributed by atoms with Crippen molar-refractivity contribution >= 4 is 9.84 Å². The monoisotopic (exact) mass is 233 g/mol. The predicted molar refractivity (Wildman–Crippen MR) is 63.4 cm³/mol.